The van der Waals surface area contributed by atoms with Crippen LogP contribution in [0.25, 0.3) is 21.8 Å². The van der Waals surface area contributed by atoms with Crippen LogP contribution < -0.4 is 0 Å². The van der Waals surface area contributed by atoms with Crippen molar-refractivity contribution in [3.63, 3.8) is 0 Å². The van der Waals surface area contributed by atoms with Gasteiger partial charge in [0, 0.05) is 46.4 Å². The molecule has 1 unspecified atom stereocenters. The number of ether oxygens (including phenoxy) is 2. The Hall–Kier alpha value is -3.81. The van der Waals surface area contributed by atoms with Crippen molar-refractivity contribution in [2.45, 2.75) is 60.0 Å². The topological polar surface area (TPSA) is 79.1 Å². The van der Waals surface area contributed by atoms with Crippen LogP contribution in [-0.2, 0) is 25.7 Å². The number of aromatic nitrogens is 1. The first-order valence-electron chi connectivity index (χ1n) is 12.8. The molecule has 0 saturated carbocycles. The molecule has 3 aromatic carbocycles. The van der Waals surface area contributed by atoms with Crippen LogP contribution in [0, 0.1) is 6.92 Å². The van der Waals surface area contributed by atoms with Gasteiger partial charge in [-0.1, -0.05) is 29.4 Å². The maximum absolute atomic E-state index is 13.7. The van der Waals surface area contributed by atoms with Crippen LogP contribution >= 0.6 is 0 Å². The molecule has 0 N–H and O–H groups in total. The number of hydrogen-bond donors (Lipinski definition) is 0. The minimum absolute atomic E-state index is 0.0268. The number of aryl methyl sites for hydroxylation is 2. The summed E-state index contributed by atoms with van der Waals surface area (Å²) in [4.78, 5) is 29.7. The highest BCUT2D eigenvalue weighted by Gasteiger charge is 2.33. The Morgan fingerprint density at radius 3 is 2.24 bits per heavy atom. The molecule has 1 aromatic heterocycles. The van der Waals surface area contributed by atoms with E-state index in [4.69, 9.17) is 14.3 Å². The molecule has 1 aliphatic rings. The molecule has 2 heterocycles. The number of carbonyl (C=O) groups excluding carboxylic acids is 2. The third-order valence-electron chi connectivity index (χ3n) is 7.05. The molecule has 0 bridgehead atoms. The molecule has 0 aliphatic carbocycles. The van der Waals surface area contributed by atoms with Gasteiger partial charge in [0.25, 0.3) is 0 Å². The van der Waals surface area contributed by atoms with E-state index < -0.39 is 11.8 Å². The molecule has 1 aliphatic heterocycles. The fraction of sp³-hybridized carbons (Fsp3) is 0.323. The van der Waals surface area contributed by atoms with Crippen molar-refractivity contribution in [2.24, 2.45) is 5.16 Å². The summed E-state index contributed by atoms with van der Waals surface area (Å²) in [6.45, 7) is 12.3. The molecule has 196 valence electrons. The van der Waals surface area contributed by atoms with Crippen molar-refractivity contribution in [3.05, 3.63) is 82.4 Å². The van der Waals surface area contributed by atoms with Crippen molar-refractivity contribution in [2.75, 3.05) is 6.61 Å². The summed E-state index contributed by atoms with van der Waals surface area (Å²) in [5, 5.41) is 5.94. The van der Waals surface area contributed by atoms with E-state index >= 15 is 0 Å². The van der Waals surface area contributed by atoms with Gasteiger partial charge < -0.3 is 18.9 Å². The molecule has 1 atom stereocenters. The highest BCUT2D eigenvalue weighted by Crippen LogP contribution is 2.35. The summed E-state index contributed by atoms with van der Waals surface area (Å²) in [6.07, 6.45) is -0.147. The number of carbonyl (C=O) groups is 2. The quantitative estimate of drug-likeness (QED) is 0.128. The van der Waals surface area contributed by atoms with Gasteiger partial charge in [-0.15, -0.1) is 0 Å². The summed E-state index contributed by atoms with van der Waals surface area (Å²) in [5.74, 6) is -1.10. The molecule has 4 aromatic rings. The molecule has 0 amide bonds. The second kappa shape index (κ2) is 9.82. The van der Waals surface area contributed by atoms with Crippen LogP contribution in [0.2, 0.25) is 0 Å². The number of nitrogens with zero attached hydrogens (tertiary/aromatic N) is 2. The number of hydrogen-bond acceptors (Lipinski definition) is 6. The van der Waals surface area contributed by atoms with E-state index in [1.54, 1.807) is 6.92 Å². The van der Waals surface area contributed by atoms with Crippen molar-refractivity contribution >= 4 is 39.3 Å². The van der Waals surface area contributed by atoms with E-state index in [2.05, 4.69) is 16.6 Å². The van der Waals surface area contributed by atoms with E-state index in [-0.39, 0.29) is 11.9 Å². The Morgan fingerprint density at radius 2 is 1.66 bits per heavy atom. The summed E-state index contributed by atoms with van der Waals surface area (Å²) in [6, 6.07) is 17.8. The van der Waals surface area contributed by atoms with Crippen molar-refractivity contribution in [1.29, 1.82) is 0 Å². The largest absolute Gasteiger partial charge is 0.347 e. The van der Waals surface area contributed by atoms with Gasteiger partial charge in [0.15, 0.2) is 11.6 Å². The zero-order valence-electron chi connectivity index (χ0n) is 22.6. The van der Waals surface area contributed by atoms with Crippen LogP contribution in [-0.4, -0.2) is 34.4 Å². The van der Waals surface area contributed by atoms with Gasteiger partial charge in [0.05, 0.1) is 12.3 Å². The second-order valence-electron chi connectivity index (χ2n) is 10.2. The van der Waals surface area contributed by atoms with Crippen LogP contribution in [0.4, 0.5) is 0 Å². The average Bonchev–Trinajstić information content (AvgIpc) is 3.42. The third-order valence-corrected chi connectivity index (χ3v) is 7.05. The molecule has 1 saturated heterocycles. The summed E-state index contributed by atoms with van der Waals surface area (Å²) < 4.78 is 13.9. The number of fused-ring (bicyclic) bond motifs is 3. The zero-order chi connectivity index (χ0) is 27.2. The zero-order valence-corrected chi connectivity index (χ0v) is 22.6. The van der Waals surface area contributed by atoms with Gasteiger partial charge in [0.2, 0.25) is 0 Å². The SMILES string of the molecule is CCn1c2ccc(C(=O)c3ccc(C4COC(C)(C)O4)cc3C)cc2c2cc(C(C)=NOC(C)=O)ccc21. The summed E-state index contributed by atoms with van der Waals surface area (Å²) in [7, 11) is 0. The fourth-order valence-electron chi connectivity index (χ4n) is 5.15. The first-order valence-corrected chi connectivity index (χ1v) is 12.8. The van der Waals surface area contributed by atoms with Crippen molar-refractivity contribution in [1.82, 2.24) is 4.57 Å². The van der Waals surface area contributed by atoms with Gasteiger partial charge in [0.1, 0.15) is 6.10 Å². The van der Waals surface area contributed by atoms with E-state index in [1.165, 1.54) is 6.92 Å². The Balaban J connectivity index is 1.53. The monoisotopic (exact) mass is 512 g/mol. The van der Waals surface area contributed by atoms with Crippen LogP contribution in [0.1, 0.15) is 73.3 Å². The lowest BCUT2D eigenvalue weighted by Gasteiger charge is -2.17. The first kappa shape index (κ1) is 25.8. The number of benzene rings is 3. The molecule has 7 heteroatoms. The molecule has 7 nitrogen and oxygen atoms in total. The molecule has 0 spiro atoms. The number of oxime groups is 1. The van der Waals surface area contributed by atoms with Crippen molar-refractivity contribution < 1.29 is 23.9 Å². The number of rotatable bonds is 6. The van der Waals surface area contributed by atoms with E-state index in [0.29, 0.717) is 23.4 Å². The van der Waals surface area contributed by atoms with Gasteiger partial charge in [-0.2, -0.15) is 0 Å². The lowest BCUT2D eigenvalue weighted by atomic mass is 9.95. The van der Waals surface area contributed by atoms with Gasteiger partial charge in [-0.25, -0.2) is 4.79 Å². The smallest absolute Gasteiger partial charge is 0.331 e. The van der Waals surface area contributed by atoms with E-state index in [1.807, 2.05) is 75.4 Å². The normalized spacial score (nSPS) is 17.3. The molecule has 38 heavy (non-hydrogen) atoms. The van der Waals surface area contributed by atoms with Crippen LogP contribution in [0.3, 0.4) is 0 Å². The third kappa shape index (κ3) is 4.75. The molecular weight excluding hydrogens is 480 g/mol. The molecule has 5 rings (SSSR count). The first-order chi connectivity index (χ1) is 18.1. The van der Waals surface area contributed by atoms with Crippen LogP contribution in [0.5, 0.6) is 0 Å². The molecule has 0 radical (unpaired) electrons. The maximum Gasteiger partial charge on any atom is 0.331 e. The number of ketones is 1. The van der Waals surface area contributed by atoms with Crippen LogP contribution in [0.15, 0.2) is 59.8 Å². The lowest BCUT2D eigenvalue weighted by molar-refractivity contribution is -0.141. The fourth-order valence-corrected chi connectivity index (χ4v) is 5.15. The van der Waals surface area contributed by atoms with Gasteiger partial charge in [-0.05, 0) is 81.6 Å². The maximum atomic E-state index is 13.7. The Kier molecular flexibility index (Phi) is 6.67. The summed E-state index contributed by atoms with van der Waals surface area (Å²) in [5.41, 5.74) is 6.76. The average molecular weight is 513 g/mol. The Bertz CT molecular complexity index is 1610. The summed E-state index contributed by atoms with van der Waals surface area (Å²) >= 11 is 0. The van der Waals surface area contributed by atoms with Crippen molar-refractivity contribution in [3.8, 4) is 0 Å². The highest BCUT2D eigenvalue weighted by atomic mass is 16.7. The Morgan fingerprint density at radius 1 is 1.00 bits per heavy atom. The highest BCUT2D eigenvalue weighted by molar-refractivity contribution is 6.16. The minimum Gasteiger partial charge on any atom is -0.347 e. The second-order valence-corrected chi connectivity index (χ2v) is 10.2. The Labute approximate surface area is 222 Å². The predicted octanol–water partition coefficient (Wildman–Crippen LogP) is 6.46. The molecular formula is C31H32N2O5. The van der Waals surface area contributed by atoms with Gasteiger partial charge >= 0.3 is 5.97 Å². The van der Waals surface area contributed by atoms with E-state index in [0.717, 1.165) is 45.0 Å². The van der Waals surface area contributed by atoms with E-state index in [9.17, 15) is 9.59 Å². The van der Waals surface area contributed by atoms with Gasteiger partial charge in [-0.3, -0.25) is 4.79 Å². The predicted molar refractivity (Wildman–Crippen MR) is 148 cm³/mol. The lowest BCUT2D eigenvalue weighted by Crippen LogP contribution is -2.19. The molecule has 1 fully saturated rings. The standard InChI is InChI=1S/C31H32N2O5/c1-7-33-27-12-9-21(19(3)32-38-20(4)34)15-25(27)26-16-23(10-13-28(26)33)30(35)24-11-8-22(14-18(24)2)29-17-36-31(5,6)37-29/h8-16,29H,7,17H2,1-6H3. The minimum atomic E-state index is -0.606.